The van der Waals surface area contributed by atoms with Crippen molar-refractivity contribution < 1.29 is 0 Å². The number of benzene rings is 1. The van der Waals surface area contributed by atoms with Gasteiger partial charge in [0.1, 0.15) is 6.33 Å². The average Bonchev–Trinajstić information content (AvgIpc) is 2.67. The molecular formula is C19H21N5O. The van der Waals surface area contributed by atoms with Gasteiger partial charge in [-0.3, -0.25) is 9.69 Å². The van der Waals surface area contributed by atoms with Crippen LogP contribution in [0.3, 0.4) is 0 Å². The second-order valence-electron chi connectivity index (χ2n) is 6.33. The molecule has 2 aromatic heterocycles. The Morgan fingerprint density at radius 3 is 2.72 bits per heavy atom. The minimum Gasteiger partial charge on any atom is -0.369 e. The van der Waals surface area contributed by atoms with Crippen LogP contribution in [0.2, 0.25) is 0 Å². The third-order valence-corrected chi connectivity index (χ3v) is 4.78. The molecule has 0 amide bonds. The summed E-state index contributed by atoms with van der Waals surface area (Å²) in [4.78, 5) is 25.0. The van der Waals surface area contributed by atoms with Crippen LogP contribution in [-0.2, 0) is 6.54 Å². The molecule has 4 rings (SSSR count). The van der Waals surface area contributed by atoms with Crippen LogP contribution in [0.1, 0.15) is 0 Å². The summed E-state index contributed by atoms with van der Waals surface area (Å²) in [6.45, 7) is 5.64. The van der Waals surface area contributed by atoms with E-state index in [0.29, 0.717) is 0 Å². The molecule has 25 heavy (non-hydrogen) atoms. The number of piperazine rings is 1. The van der Waals surface area contributed by atoms with Crippen LogP contribution in [0.4, 0.5) is 5.69 Å². The van der Waals surface area contributed by atoms with Crippen LogP contribution in [0, 0.1) is 0 Å². The van der Waals surface area contributed by atoms with E-state index in [1.54, 1.807) is 23.0 Å². The molecule has 1 saturated heterocycles. The first-order valence-corrected chi connectivity index (χ1v) is 8.62. The number of pyridine rings is 1. The first-order chi connectivity index (χ1) is 12.3. The van der Waals surface area contributed by atoms with Gasteiger partial charge in [-0.25, -0.2) is 9.97 Å². The quantitative estimate of drug-likeness (QED) is 0.725. The smallest absolute Gasteiger partial charge is 0.250 e. The number of nitrogens with zero attached hydrogens (tertiary/aromatic N) is 5. The molecule has 6 nitrogen and oxygen atoms in total. The van der Waals surface area contributed by atoms with Gasteiger partial charge in [0.15, 0.2) is 0 Å². The third kappa shape index (κ3) is 3.53. The zero-order chi connectivity index (χ0) is 17.1. The van der Waals surface area contributed by atoms with Gasteiger partial charge in [-0.1, -0.05) is 6.07 Å². The van der Waals surface area contributed by atoms with Crippen LogP contribution >= 0.6 is 0 Å². The molecule has 3 heterocycles. The molecule has 6 heteroatoms. The SMILES string of the molecule is O=c1ccccn1CCN1CCN(c2ccc3ncncc3c2)CC1. The van der Waals surface area contributed by atoms with Crippen molar-refractivity contribution in [3.8, 4) is 0 Å². The molecule has 1 aliphatic heterocycles. The maximum Gasteiger partial charge on any atom is 0.250 e. The molecule has 0 N–H and O–H groups in total. The number of fused-ring (bicyclic) bond motifs is 1. The zero-order valence-electron chi connectivity index (χ0n) is 14.1. The molecule has 1 fully saturated rings. The standard InChI is InChI=1S/C19H21N5O/c25-19-3-1-2-6-24(19)12-9-22-7-10-23(11-8-22)17-4-5-18-16(13-17)14-20-15-21-18/h1-6,13-15H,7-12H2. The lowest BCUT2D eigenvalue weighted by molar-refractivity contribution is 0.247. The van der Waals surface area contributed by atoms with Gasteiger partial charge in [-0.15, -0.1) is 0 Å². The molecule has 0 aliphatic carbocycles. The molecule has 0 radical (unpaired) electrons. The fraction of sp³-hybridized carbons (Fsp3) is 0.316. The van der Waals surface area contributed by atoms with Gasteiger partial charge in [0.2, 0.25) is 0 Å². The predicted octanol–water partition coefficient (Wildman–Crippen LogP) is 1.61. The average molecular weight is 335 g/mol. The van der Waals surface area contributed by atoms with E-state index in [0.717, 1.165) is 50.2 Å². The van der Waals surface area contributed by atoms with Gasteiger partial charge in [0, 0.05) is 68.8 Å². The van der Waals surface area contributed by atoms with E-state index in [1.807, 2.05) is 18.5 Å². The number of rotatable bonds is 4. The van der Waals surface area contributed by atoms with E-state index in [-0.39, 0.29) is 5.56 Å². The monoisotopic (exact) mass is 335 g/mol. The van der Waals surface area contributed by atoms with Crippen molar-refractivity contribution in [2.24, 2.45) is 0 Å². The third-order valence-electron chi connectivity index (χ3n) is 4.78. The minimum atomic E-state index is 0.0690. The first kappa shape index (κ1) is 15.8. The molecule has 0 atom stereocenters. The highest BCUT2D eigenvalue weighted by Crippen LogP contribution is 2.21. The van der Waals surface area contributed by atoms with Crippen molar-refractivity contribution in [2.75, 3.05) is 37.6 Å². The molecule has 128 valence electrons. The number of hydrogen-bond acceptors (Lipinski definition) is 5. The molecule has 3 aromatic rings. The molecule has 0 saturated carbocycles. The molecule has 0 spiro atoms. The maximum atomic E-state index is 11.8. The molecular weight excluding hydrogens is 314 g/mol. The van der Waals surface area contributed by atoms with E-state index in [2.05, 4.69) is 38.0 Å². The van der Waals surface area contributed by atoms with Crippen LogP contribution in [-0.4, -0.2) is 52.2 Å². The summed E-state index contributed by atoms with van der Waals surface area (Å²) >= 11 is 0. The van der Waals surface area contributed by atoms with Crippen LogP contribution < -0.4 is 10.5 Å². The van der Waals surface area contributed by atoms with Gasteiger partial charge in [-0.05, 0) is 24.3 Å². The van der Waals surface area contributed by atoms with Crippen LogP contribution in [0.25, 0.3) is 10.9 Å². The van der Waals surface area contributed by atoms with Crippen molar-refractivity contribution in [1.29, 1.82) is 0 Å². The molecule has 1 aromatic carbocycles. The van der Waals surface area contributed by atoms with E-state index in [1.165, 1.54) is 5.69 Å². The fourth-order valence-electron chi connectivity index (χ4n) is 3.29. The maximum absolute atomic E-state index is 11.8. The Bertz CT molecular complexity index is 915. The predicted molar refractivity (Wildman–Crippen MR) is 98.9 cm³/mol. The van der Waals surface area contributed by atoms with E-state index in [9.17, 15) is 4.79 Å². The van der Waals surface area contributed by atoms with Gasteiger partial charge >= 0.3 is 0 Å². The summed E-state index contributed by atoms with van der Waals surface area (Å²) in [5.74, 6) is 0. The highest BCUT2D eigenvalue weighted by molar-refractivity contribution is 5.81. The number of anilines is 1. The number of aromatic nitrogens is 3. The summed E-state index contributed by atoms with van der Waals surface area (Å²) in [5, 5.41) is 1.07. The fourth-order valence-corrected chi connectivity index (χ4v) is 3.29. The second-order valence-corrected chi connectivity index (χ2v) is 6.33. The van der Waals surface area contributed by atoms with Crippen molar-refractivity contribution in [3.05, 3.63) is 65.5 Å². The molecule has 0 unspecified atom stereocenters. The summed E-state index contributed by atoms with van der Waals surface area (Å²) in [6, 6.07) is 11.7. The zero-order valence-corrected chi connectivity index (χ0v) is 14.1. The van der Waals surface area contributed by atoms with E-state index >= 15 is 0 Å². The van der Waals surface area contributed by atoms with E-state index < -0.39 is 0 Å². The van der Waals surface area contributed by atoms with Crippen molar-refractivity contribution in [3.63, 3.8) is 0 Å². The minimum absolute atomic E-state index is 0.0690. The topological polar surface area (TPSA) is 54.3 Å². The highest BCUT2D eigenvalue weighted by Gasteiger charge is 2.17. The highest BCUT2D eigenvalue weighted by atomic mass is 16.1. The lowest BCUT2D eigenvalue weighted by Crippen LogP contribution is -2.47. The van der Waals surface area contributed by atoms with Crippen molar-refractivity contribution in [2.45, 2.75) is 6.54 Å². The Labute approximate surface area is 146 Å². The molecule has 0 bridgehead atoms. The lowest BCUT2D eigenvalue weighted by atomic mass is 10.2. The summed E-state index contributed by atoms with van der Waals surface area (Å²) in [7, 11) is 0. The Balaban J connectivity index is 1.36. The summed E-state index contributed by atoms with van der Waals surface area (Å²) in [5.41, 5.74) is 2.27. The van der Waals surface area contributed by atoms with E-state index in [4.69, 9.17) is 0 Å². The first-order valence-electron chi connectivity index (χ1n) is 8.62. The molecule has 1 aliphatic rings. The van der Waals surface area contributed by atoms with Gasteiger partial charge in [-0.2, -0.15) is 0 Å². The number of hydrogen-bond donors (Lipinski definition) is 0. The Morgan fingerprint density at radius 1 is 1.00 bits per heavy atom. The Kier molecular flexibility index (Phi) is 4.43. The lowest BCUT2D eigenvalue weighted by Gasteiger charge is -2.36. The summed E-state index contributed by atoms with van der Waals surface area (Å²) in [6.07, 6.45) is 5.30. The Morgan fingerprint density at radius 2 is 1.88 bits per heavy atom. The second kappa shape index (κ2) is 7.03. The van der Waals surface area contributed by atoms with Crippen molar-refractivity contribution in [1.82, 2.24) is 19.4 Å². The normalized spacial score (nSPS) is 15.6. The Hall–Kier alpha value is -2.73. The van der Waals surface area contributed by atoms with Crippen LogP contribution in [0.15, 0.2) is 59.9 Å². The summed E-state index contributed by atoms with van der Waals surface area (Å²) < 4.78 is 1.77. The van der Waals surface area contributed by atoms with Gasteiger partial charge in [0.25, 0.3) is 5.56 Å². The van der Waals surface area contributed by atoms with Crippen molar-refractivity contribution >= 4 is 16.6 Å². The van der Waals surface area contributed by atoms with Gasteiger partial charge in [0.05, 0.1) is 5.52 Å². The largest absolute Gasteiger partial charge is 0.369 e. The van der Waals surface area contributed by atoms with Crippen LogP contribution in [0.5, 0.6) is 0 Å². The van der Waals surface area contributed by atoms with Gasteiger partial charge < -0.3 is 9.47 Å².